The van der Waals surface area contributed by atoms with E-state index in [2.05, 4.69) is 32.0 Å². The van der Waals surface area contributed by atoms with Crippen LogP contribution in [0.2, 0.25) is 0 Å². The van der Waals surface area contributed by atoms with Crippen LogP contribution in [0.5, 0.6) is 0 Å². The maximum absolute atomic E-state index is 13.4. The van der Waals surface area contributed by atoms with Crippen molar-refractivity contribution in [3.63, 3.8) is 0 Å². The molecule has 2 aliphatic heterocycles. The van der Waals surface area contributed by atoms with Crippen molar-refractivity contribution in [2.45, 2.75) is 37.9 Å². The number of imidazole rings is 1. The summed E-state index contributed by atoms with van der Waals surface area (Å²) < 4.78 is 53.8. The topological polar surface area (TPSA) is 67.6 Å². The monoisotopic (exact) mass is 483 g/mol. The predicted octanol–water partition coefficient (Wildman–Crippen LogP) is 4.56. The second-order valence-corrected chi connectivity index (χ2v) is 8.94. The van der Waals surface area contributed by atoms with E-state index >= 15 is 0 Å². The minimum atomic E-state index is -5.08. The minimum absolute atomic E-state index is 0.172. The van der Waals surface area contributed by atoms with Crippen LogP contribution in [0.3, 0.4) is 0 Å². The van der Waals surface area contributed by atoms with Crippen LogP contribution in [-0.4, -0.2) is 50.4 Å². The highest BCUT2D eigenvalue weighted by Crippen LogP contribution is 2.36. The number of benzene rings is 1. The summed E-state index contributed by atoms with van der Waals surface area (Å²) in [6.07, 6.45) is -2.13. The van der Waals surface area contributed by atoms with E-state index in [4.69, 9.17) is 14.6 Å². The van der Waals surface area contributed by atoms with Gasteiger partial charge >= 0.3 is 12.1 Å². The van der Waals surface area contributed by atoms with E-state index in [0.717, 1.165) is 44.0 Å². The highest BCUT2D eigenvalue weighted by molar-refractivity contribution is 7.13. The third-order valence-electron chi connectivity index (χ3n) is 5.60. The number of carbonyl (C=O) groups is 1. The van der Waals surface area contributed by atoms with E-state index in [-0.39, 0.29) is 11.4 Å². The van der Waals surface area contributed by atoms with Crippen LogP contribution >= 0.6 is 11.3 Å². The molecule has 1 aromatic carbocycles. The predicted molar refractivity (Wildman–Crippen MR) is 113 cm³/mol. The summed E-state index contributed by atoms with van der Waals surface area (Å²) in [7, 11) is 0. The molecule has 3 aromatic rings. The number of aromatic nitrogens is 2. The van der Waals surface area contributed by atoms with Crippen molar-refractivity contribution >= 4 is 17.3 Å². The van der Waals surface area contributed by atoms with Gasteiger partial charge in [0.25, 0.3) is 0 Å². The lowest BCUT2D eigenvalue weighted by Crippen LogP contribution is -2.44. The molecule has 1 unspecified atom stereocenters. The standard InChI is InChI=1S/C20H20FN3OS.C2HF3O2/c21-16-4-1-3-15(9-16)11-23-7-6-20(13-23)14-24-17(18-5-2-8-26-18)10-22-19(24)12-25-20;3-2(4,5)1(6)7/h1-5,8-10H,6-7,11-14H2;(H,6,7). The molecule has 1 saturated heterocycles. The Kier molecular flexibility index (Phi) is 6.55. The Morgan fingerprint density at radius 3 is 2.70 bits per heavy atom. The lowest BCUT2D eigenvalue weighted by Gasteiger charge is -2.35. The highest BCUT2D eigenvalue weighted by atomic mass is 32.1. The van der Waals surface area contributed by atoms with E-state index in [0.29, 0.717) is 6.61 Å². The molecule has 0 saturated carbocycles. The molecule has 0 aliphatic carbocycles. The summed E-state index contributed by atoms with van der Waals surface area (Å²) in [6, 6.07) is 11.1. The summed E-state index contributed by atoms with van der Waals surface area (Å²) in [4.78, 5) is 17.1. The van der Waals surface area contributed by atoms with E-state index in [9.17, 15) is 17.6 Å². The molecule has 176 valence electrons. The number of hydrogen-bond donors (Lipinski definition) is 1. The zero-order valence-electron chi connectivity index (χ0n) is 17.4. The van der Waals surface area contributed by atoms with Crippen LogP contribution in [0.4, 0.5) is 17.6 Å². The number of carboxylic acids is 1. The molecule has 33 heavy (non-hydrogen) atoms. The molecule has 2 aromatic heterocycles. The van der Waals surface area contributed by atoms with Crippen molar-refractivity contribution in [2.75, 3.05) is 13.1 Å². The van der Waals surface area contributed by atoms with E-state index in [1.54, 1.807) is 23.5 Å². The normalized spacial score (nSPS) is 20.4. The van der Waals surface area contributed by atoms with Gasteiger partial charge in [-0.05, 0) is 35.6 Å². The maximum Gasteiger partial charge on any atom is 0.490 e. The van der Waals surface area contributed by atoms with E-state index in [1.807, 2.05) is 12.3 Å². The summed E-state index contributed by atoms with van der Waals surface area (Å²) >= 11 is 1.74. The number of fused-ring (bicyclic) bond motifs is 1. The Balaban J connectivity index is 0.000000325. The summed E-state index contributed by atoms with van der Waals surface area (Å²) in [5.74, 6) is -1.93. The van der Waals surface area contributed by atoms with Crippen molar-refractivity contribution in [2.24, 2.45) is 0 Å². The van der Waals surface area contributed by atoms with Gasteiger partial charge in [-0.15, -0.1) is 11.3 Å². The lowest BCUT2D eigenvalue weighted by atomic mass is 10.0. The summed E-state index contributed by atoms with van der Waals surface area (Å²) in [5.41, 5.74) is 2.02. The van der Waals surface area contributed by atoms with Crippen LogP contribution in [0, 0.1) is 5.82 Å². The van der Waals surface area contributed by atoms with Gasteiger partial charge in [0, 0.05) is 19.6 Å². The van der Waals surface area contributed by atoms with Crippen molar-refractivity contribution < 1.29 is 32.2 Å². The first kappa shape index (κ1) is 23.4. The van der Waals surface area contributed by atoms with E-state index in [1.165, 1.54) is 16.6 Å². The van der Waals surface area contributed by atoms with Gasteiger partial charge in [0.05, 0.1) is 23.3 Å². The average Bonchev–Trinajstić information content (AvgIpc) is 3.48. The fraction of sp³-hybridized carbons (Fsp3) is 0.364. The molecule has 0 bridgehead atoms. The number of likely N-dealkylation sites (tertiary alicyclic amines) is 1. The first-order valence-electron chi connectivity index (χ1n) is 10.1. The number of hydrogen-bond acceptors (Lipinski definition) is 5. The smallest absolute Gasteiger partial charge is 0.475 e. The van der Waals surface area contributed by atoms with Gasteiger partial charge in [0.1, 0.15) is 23.8 Å². The number of aliphatic carboxylic acids is 1. The number of nitrogens with zero attached hydrogens (tertiary/aromatic N) is 3. The highest BCUT2D eigenvalue weighted by Gasteiger charge is 2.43. The third kappa shape index (κ3) is 5.43. The minimum Gasteiger partial charge on any atom is -0.475 e. The van der Waals surface area contributed by atoms with Crippen molar-refractivity contribution in [1.29, 1.82) is 0 Å². The quantitative estimate of drug-likeness (QED) is 0.554. The fourth-order valence-corrected chi connectivity index (χ4v) is 4.83. The van der Waals surface area contributed by atoms with Gasteiger partial charge in [-0.3, -0.25) is 4.90 Å². The first-order chi connectivity index (χ1) is 15.7. The number of halogens is 4. The lowest BCUT2D eigenvalue weighted by molar-refractivity contribution is -0.192. The molecule has 1 spiro atoms. The molecule has 1 N–H and O–H groups in total. The fourth-order valence-electron chi connectivity index (χ4n) is 4.08. The van der Waals surface area contributed by atoms with Gasteiger partial charge in [-0.1, -0.05) is 18.2 Å². The van der Waals surface area contributed by atoms with Gasteiger partial charge in [-0.2, -0.15) is 13.2 Å². The van der Waals surface area contributed by atoms with Gasteiger partial charge < -0.3 is 14.4 Å². The molecular weight excluding hydrogens is 462 g/mol. The number of alkyl halides is 3. The van der Waals surface area contributed by atoms with Crippen LogP contribution < -0.4 is 0 Å². The van der Waals surface area contributed by atoms with Gasteiger partial charge in [0.15, 0.2) is 0 Å². The zero-order valence-corrected chi connectivity index (χ0v) is 18.2. The molecule has 1 fully saturated rings. The van der Waals surface area contributed by atoms with E-state index < -0.39 is 12.1 Å². The molecule has 2 aliphatic rings. The number of carboxylic acid groups (broad SMARTS) is 1. The van der Waals surface area contributed by atoms with Crippen LogP contribution in [0.25, 0.3) is 10.6 Å². The second kappa shape index (κ2) is 9.24. The average molecular weight is 483 g/mol. The Labute approximate surface area is 191 Å². The van der Waals surface area contributed by atoms with Crippen molar-refractivity contribution in [1.82, 2.24) is 14.5 Å². The molecule has 0 radical (unpaired) electrons. The van der Waals surface area contributed by atoms with Gasteiger partial charge in [-0.25, -0.2) is 14.2 Å². The first-order valence-corrected chi connectivity index (χ1v) is 11.0. The maximum atomic E-state index is 13.4. The Bertz CT molecular complexity index is 1120. The molecular formula is C22H21F4N3O3S. The van der Waals surface area contributed by atoms with Crippen LogP contribution in [-0.2, 0) is 29.2 Å². The largest absolute Gasteiger partial charge is 0.490 e. The molecule has 5 rings (SSSR count). The molecule has 6 nitrogen and oxygen atoms in total. The SMILES string of the molecule is Fc1cccc(CN2CCC3(C2)Cn2c(-c4cccs4)cnc2CO3)c1.O=C(O)C(F)(F)F. The number of thiophene rings is 1. The summed E-state index contributed by atoms with van der Waals surface area (Å²) in [5, 5.41) is 9.22. The molecule has 4 heterocycles. The second-order valence-electron chi connectivity index (χ2n) is 7.99. The Morgan fingerprint density at radius 1 is 1.24 bits per heavy atom. The Morgan fingerprint density at radius 2 is 2.03 bits per heavy atom. The third-order valence-corrected chi connectivity index (χ3v) is 6.49. The van der Waals surface area contributed by atoms with Crippen molar-refractivity contribution in [3.8, 4) is 10.6 Å². The molecule has 1 atom stereocenters. The number of rotatable bonds is 3. The van der Waals surface area contributed by atoms with Gasteiger partial charge in [0.2, 0.25) is 0 Å². The molecule has 0 amide bonds. The van der Waals surface area contributed by atoms with Crippen molar-refractivity contribution in [3.05, 3.63) is 65.2 Å². The summed E-state index contributed by atoms with van der Waals surface area (Å²) in [6.45, 7) is 3.98. The zero-order chi connectivity index (χ0) is 23.6. The van der Waals surface area contributed by atoms with Crippen LogP contribution in [0.1, 0.15) is 17.8 Å². The number of ether oxygens (including phenoxy) is 1. The van der Waals surface area contributed by atoms with Crippen LogP contribution in [0.15, 0.2) is 48.0 Å². The molecule has 11 heteroatoms. The Hall–Kier alpha value is -2.76.